The molecule has 1 fully saturated rings. The molecule has 5 N–H and O–H groups in total. The normalized spacial score (nSPS) is 26.2. The van der Waals surface area contributed by atoms with Gasteiger partial charge in [-0.25, -0.2) is 0 Å². The summed E-state index contributed by atoms with van der Waals surface area (Å²) >= 11 is 0. The number of esters is 1. The zero-order valence-corrected chi connectivity index (χ0v) is 21.0. The van der Waals surface area contributed by atoms with E-state index in [1.54, 1.807) is 6.08 Å². The molecule has 1 aliphatic rings. The molecule has 9 heteroatoms. The van der Waals surface area contributed by atoms with Crippen LogP contribution in [0, 0.1) is 0 Å². The second-order valence-corrected chi connectivity index (χ2v) is 8.28. The molecule has 0 aromatic heterocycles. The lowest BCUT2D eigenvalue weighted by Gasteiger charge is -2.39. The van der Waals surface area contributed by atoms with Crippen molar-refractivity contribution in [3.63, 3.8) is 0 Å². The minimum Gasteiger partial charge on any atom is -0.463 e. The molecule has 0 aliphatic carbocycles. The molecule has 0 aromatic carbocycles. The number of hydrogen-bond donors (Lipinski definition) is 5. The second-order valence-electron chi connectivity index (χ2n) is 8.28. The molecule has 9 nitrogen and oxygen atoms in total. The monoisotopic (exact) mass is 510 g/mol. The predicted molar refractivity (Wildman–Crippen MR) is 136 cm³/mol. The van der Waals surface area contributed by atoms with Crippen LogP contribution in [0.25, 0.3) is 0 Å². The van der Waals surface area contributed by atoms with Gasteiger partial charge in [0.05, 0.1) is 19.6 Å². The highest BCUT2D eigenvalue weighted by molar-refractivity contribution is 5.71. The van der Waals surface area contributed by atoms with Gasteiger partial charge in [-0.1, -0.05) is 67.7 Å². The van der Waals surface area contributed by atoms with Crippen molar-refractivity contribution in [3.05, 3.63) is 60.8 Å². The Morgan fingerprint density at radius 1 is 0.806 bits per heavy atom. The molecular formula is C27H42O9. The molecule has 1 saturated heterocycles. The standard InChI is InChI=1S/C27H42O9/c1-2-3-4-5-6-7-8-9-10-11-12-13-14-15-16-17-23(30)34-19-21(29)20-35-27-26(33)25(32)24(31)22(18-28)36-27/h3-4,6-7,9-10,12-13,15-16,21-22,24-29,31-33H,2,5,8,11,14,17-20H2,1H3/b4-3-,7-6-,10-9-,13-12-,16-15-/t21?,22-,24+,25+,26-,27-/m1/s1. The average Bonchev–Trinajstić information content (AvgIpc) is 2.88. The number of aliphatic hydroxyl groups excluding tert-OH is 5. The van der Waals surface area contributed by atoms with E-state index in [4.69, 9.17) is 19.3 Å². The third-order valence-corrected chi connectivity index (χ3v) is 5.18. The Balaban J connectivity index is 2.12. The summed E-state index contributed by atoms with van der Waals surface area (Å²) in [6, 6.07) is 0. The molecule has 204 valence electrons. The van der Waals surface area contributed by atoms with Gasteiger partial charge in [-0.3, -0.25) is 4.79 Å². The first-order valence-corrected chi connectivity index (χ1v) is 12.4. The molecule has 36 heavy (non-hydrogen) atoms. The number of ether oxygens (including phenoxy) is 3. The van der Waals surface area contributed by atoms with Crippen molar-refractivity contribution < 1.29 is 44.5 Å². The minimum absolute atomic E-state index is 0.0633. The number of aliphatic hydroxyl groups is 5. The van der Waals surface area contributed by atoms with Crippen LogP contribution in [-0.2, 0) is 19.0 Å². The molecule has 1 unspecified atom stereocenters. The molecule has 1 rings (SSSR count). The number of allylic oxidation sites excluding steroid dienone is 9. The van der Waals surface area contributed by atoms with Gasteiger partial charge < -0.3 is 39.7 Å². The van der Waals surface area contributed by atoms with E-state index in [2.05, 4.69) is 49.5 Å². The Bertz CT molecular complexity index is 727. The highest BCUT2D eigenvalue weighted by Crippen LogP contribution is 2.22. The van der Waals surface area contributed by atoms with Gasteiger partial charge >= 0.3 is 5.97 Å². The summed E-state index contributed by atoms with van der Waals surface area (Å²) in [5, 5.41) is 48.4. The van der Waals surface area contributed by atoms with E-state index in [0.717, 1.165) is 25.7 Å². The summed E-state index contributed by atoms with van der Waals surface area (Å²) in [5.74, 6) is -0.511. The zero-order valence-electron chi connectivity index (χ0n) is 21.0. The van der Waals surface area contributed by atoms with Crippen molar-refractivity contribution in [1.82, 2.24) is 0 Å². The molecule has 0 radical (unpaired) electrons. The molecule has 0 aromatic rings. The van der Waals surface area contributed by atoms with E-state index in [1.807, 2.05) is 12.2 Å². The molecule has 0 bridgehead atoms. The SMILES string of the molecule is CC/C=C\C/C=C\C/C=C\C/C=C\C/C=C\CC(=O)OCC(O)CO[C@@H]1O[C@H](CO)[C@H](O)[C@H](O)[C@H]1O. The molecule has 0 saturated carbocycles. The van der Waals surface area contributed by atoms with Crippen molar-refractivity contribution in [1.29, 1.82) is 0 Å². The molecule has 1 heterocycles. The smallest absolute Gasteiger partial charge is 0.309 e. The minimum atomic E-state index is -1.57. The largest absolute Gasteiger partial charge is 0.463 e. The topological polar surface area (TPSA) is 146 Å². The summed E-state index contributed by atoms with van der Waals surface area (Å²) in [7, 11) is 0. The number of carbonyl (C=O) groups is 1. The van der Waals surface area contributed by atoms with E-state index in [9.17, 15) is 25.2 Å². The maximum atomic E-state index is 11.8. The first-order chi connectivity index (χ1) is 17.4. The van der Waals surface area contributed by atoms with Gasteiger partial charge in [-0.2, -0.15) is 0 Å². The Labute approximate surface area is 213 Å². The van der Waals surface area contributed by atoms with Crippen LogP contribution in [0.4, 0.5) is 0 Å². The van der Waals surface area contributed by atoms with Crippen LogP contribution in [0.2, 0.25) is 0 Å². The molecule has 0 spiro atoms. The molecule has 6 atom stereocenters. The van der Waals surface area contributed by atoms with Crippen molar-refractivity contribution in [2.75, 3.05) is 19.8 Å². The maximum absolute atomic E-state index is 11.8. The summed E-state index contributed by atoms with van der Waals surface area (Å²) in [6.45, 7) is 0.868. The summed E-state index contributed by atoms with van der Waals surface area (Å²) in [6.07, 6.45) is 16.8. The lowest BCUT2D eigenvalue weighted by atomic mass is 9.99. The summed E-state index contributed by atoms with van der Waals surface area (Å²) in [4.78, 5) is 11.8. The predicted octanol–water partition coefficient (Wildman–Crippen LogP) is 1.85. The van der Waals surface area contributed by atoms with Crippen molar-refractivity contribution >= 4 is 5.97 Å². The van der Waals surface area contributed by atoms with E-state index in [0.29, 0.717) is 6.42 Å². The Morgan fingerprint density at radius 2 is 1.33 bits per heavy atom. The molecule has 1 aliphatic heterocycles. The fourth-order valence-corrected chi connectivity index (χ4v) is 3.14. The van der Waals surface area contributed by atoms with Gasteiger partial charge in [0, 0.05) is 0 Å². The van der Waals surface area contributed by atoms with Crippen molar-refractivity contribution in [3.8, 4) is 0 Å². The van der Waals surface area contributed by atoms with Gasteiger partial charge in [-0.15, -0.1) is 0 Å². The van der Waals surface area contributed by atoms with Crippen molar-refractivity contribution in [2.24, 2.45) is 0 Å². The molecule has 0 amide bonds. The zero-order chi connectivity index (χ0) is 26.6. The fourth-order valence-electron chi connectivity index (χ4n) is 3.14. The van der Waals surface area contributed by atoms with Gasteiger partial charge in [0.1, 0.15) is 37.1 Å². The number of rotatable bonds is 17. The quantitative estimate of drug-likeness (QED) is 0.146. The first kappa shape index (κ1) is 31.9. The van der Waals surface area contributed by atoms with Crippen LogP contribution in [0.15, 0.2) is 60.8 Å². The van der Waals surface area contributed by atoms with E-state index < -0.39 is 49.4 Å². The second kappa shape index (κ2) is 20.0. The van der Waals surface area contributed by atoms with Crippen LogP contribution in [0.1, 0.15) is 45.4 Å². The van der Waals surface area contributed by atoms with Crippen LogP contribution in [0.5, 0.6) is 0 Å². The maximum Gasteiger partial charge on any atom is 0.309 e. The van der Waals surface area contributed by atoms with Gasteiger partial charge in [0.25, 0.3) is 0 Å². The molecular weight excluding hydrogens is 468 g/mol. The summed E-state index contributed by atoms with van der Waals surface area (Å²) in [5.41, 5.74) is 0. The highest BCUT2D eigenvalue weighted by atomic mass is 16.7. The Kier molecular flexibility index (Phi) is 17.7. The Morgan fingerprint density at radius 3 is 1.86 bits per heavy atom. The average molecular weight is 511 g/mol. The van der Waals surface area contributed by atoms with Crippen LogP contribution >= 0.6 is 0 Å². The van der Waals surface area contributed by atoms with E-state index in [-0.39, 0.29) is 19.6 Å². The summed E-state index contributed by atoms with van der Waals surface area (Å²) < 4.78 is 15.4. The van der Waals surface area contributed by atoms with Gasteiger partial charge in [0.2, 0.25) is 0 Å². The van der Waals surface area contributed by atoms with Crippen LogP contribution in [0.3, 0.4) is 0 Å². The fraction of sp³-hybridized carbons (Fsp3) is 0.593. The van der Waals surface area contributed by atoms with Crippen LogP contribution in [-0.4, -0.2) is 88.1 Å². The van der Waals surface area contributed by atoms with E-state index in [1.165, 1.54) is 0 Å². The third-order valence-electron chi connectivity index (χ3n) is 5.18. The lowest BCUT2D eigenvalue weighted by molar-refractivity contribution is -0.305. The first-order valence-electron chi connectivity index (χ1n) is 12.4. The third kappa shape index (κ3) is 13.8. The Hall–Kier alpha value is -2.11. The van der Waals surface area contributed by atoms with Gasteiger partial charge in [-0.05, 0) is 32.1 Å². The van der Waals surface area contributed by atoms with Gasteiger partial charge in [0.15, 0.2) is 6.29 Å². The van der Waals surface area contributed by atoms with Crippen LogP contribution < -0.4 is 0 Å². The van der Waals surface area contributed by atoms with Crippen molar-refractivity contribution in [2.45, 2.75) is 82.3 Å². The highest BCUT2D eigenvalue weighted by Gasteiger charge is 2.44. The lowest BCUT2D eigenvalue weighted by Crippen LogP contribution is -2.59. The number of carbonyl (C=O) groups excluding carboxylic acids is 1. The van der Waals surface area contributed by atoms with E-state index >= 15 is 0 Å². The number of hydrogen-bond acceptors (Lipinski definition) is 9.